The van der Waals surface area contributed by atoms with Gasteiger partial charge in [-0.2, -0.15) is 5.26 Å². The summed E-state index contributed by atoms with van der Waals surface area (Å²) in [4.78, 5) is 13.6. The first-order valence-corrected chi connectivity index (χ1v) is 5.57. The van der Waals surface area contributed by atoms with Crippen LogP contribution in [0, 0.1) is 11.3 Å². The van der Waals surface area contributed by atoms with Crippen LogP contribution in [-0.4, -0.2) is 36.0 Å². The molecule has 0 aromatic rings. The molecular formula is C11H19N3O. The molecule has 1 atom stereocenters. The lowest BCUT2D eigenvalue weighted by molar-refractivity contribution is -0.130. The molecule has 0 spiro atoms. The van der Waals surface area contributed by atoms with E-state index in [9.17, 15) is 4.79 Å². The van der Waals surface area contributed by atoms with E-state index in [2.05, 4.69) is 11.4 Å². The fourth-order valence-corrected chi connectivity index (χ4v) is 1.81. The highest BCUT2D eigenvalue weighted by Gasteiger charge is 2.21. The minimum absolute atomic E-state index is 0.104. The highest BCUT2D eigenvalue weighted by molar-refractivity contribution is 5.77. The van der Waals surface area contributed by atoms with E-state index in [0.717, 1.165) is 25.9 Å². The quantitative estimate of drug-likeness (QED) is 0.748. The molecule has 1 aliphatic heterocycles. The minimum Gasteiger partial charge on any atom is -0.343 e. The fourth-order valence-electron chi connectivity index (χ4n) is 1.81. The highest BCUT2D eigenvalue weighted by atomic mass is 16.2. The molecule has 1 aliphatic rings. The van der Waals surface area contributed by atoms with E-state index in [1.165, 1.54) is 0 Å². The Bertz CT molecular complexity index is 251. The second kappa shape index (κ2) is 5.72. The Hall–Kier alpha value is -1.08. The van der Waals surface area contributed by atoms with Gasteiger partial charge in [0.05, 0.1) is 12.5 Å². The molecule has 1 N–H and O–H groups in total. The SMILES string of the molecule is CC(C)NC(C#N)CC(=O)N1CCCC1. The summed E-state index contributed by atoms with van der Waals surface area (Å²) in [6.45, 7) is 5.67. The first kappa shape index (κ1) is 12.0. The topological polar surface area (TPSA) is 56.1 Å². The normalized spacial score (nSPS) is 17.9. The van der Waals surface area contributed by atoms with Crippen LogP contribution in [0.2, 0.25) is 0 Å². The van der Waals surface area contributed by atoms with Crippen molar-refractivity contribution in [3.8, 4) is 6.07 Å². The molecule has 0 radical (unpaired) electrons. The third-order valence-electron chi connectivity index (χ3n) is 2.53. The van der Waals surface area contributed by atoms with Crippen molar-refractivity contribution in [1.82, 2.24) is 10.2 Å². The van der Waals surface area contributed by atoms with E-state index in [1.54, 1.807) is 0 Å². The molecule has 0 bridgehead atoms. The van der Waals surface area contributed by atoms with Crippen molar-refractivity contribution in [1.29, 1.82) is 5.26 Å². The van der Waals surface area contributed by atoms with Gasteiger partial charge < -0.3 is 4.90 Å². The van der Waals surface area contributed by atoms with Gasteiger partial charge >= 0.3 is 0 Å². The lowest BCUT2D eigenvalue weighted by Crippen LogP contribution is -2.39. The van der Waals surface area contributed by atoms with Crippen LogP contribution in [-0.2, 0) is 4.79 Å². The summed E-state index contributed by atoms with van der Waals surface area (Å²) in [7, 11) is 0. The van der Waals surface area contributed by atoms with Crippen LogP contribution < -0.4 is 5.32 Å². The van der Waals surface area contributed by atoms with Gasteiger partial charge in [0.1, 0.15) is 6.04 Å². The minimum atomic E-state index is -0.349. The monoisotopic (exact) mass is 209 g/mol. The van der Waals surface area contributed by atoms with Gasteiger partial charge in [0.15, 0.2) is 0 Å². The third-order valence-corrected chi connectivity index (χ3v) is 2.53. The van der Waals surface area contributed by atoms with Gasteiger partial charge in [-0.05, 0) is 26.7 Å². The zero-order valence-corrected chi connectivity index (χ0v) is 9.49. The number of hydrogen-bond acceptors (Lipinski definition) is 3. The molecule has 4 heteroatoms. The molecule has 0 aromatic carbocycles. The summed E-state index contributed by atoms with van der Waals surface area (Å²) in [5.41, 5.74) is 0. The Kier molecular flexibility index (Phi) is 4.57. The van der Waals surface area contributed by atoms with Crippen molar-refractivity contribution in [2.45, 2.75) is 45.2 Å². The molecule has 0 saturated carbocycles. The first-order valence-electron chi connectivity index (χ1n) is 5.57. The standard InChI is InChI=1S/C11H19N3O/c1-9(2)13-10(8-12)7-11(15)14-5-3-4-6-14/h9-10,13H,3-7H2,1-2H3. The van der Waals surface area contributed by atoms with Crippen molar-refractivity contribution in [3.63, 3.8) is 0 Å². The van der Waals surface area contributed by atoms with Crippen molar-refractivity contribution >= 4 is 5.91 Å². The second-order valence-electron chi connectivity index (χ2n) is 4.30. The van der Waals surface area contributed by atoms with Gasteiger partial charge in [-0.25, -0.2) is 0 Å². The van der Waals surface area contributed by atoms with Crippen LogP contribution in [0.3, 0.4) is 0 Å². The smallest absolute Gasteiger partial charge is 0.225 e. The van der Waals surface area contributed by atoms with Crippen LogP contribution in [0.4, 0.5) is 0 Å². The van der Waals surface area contributed by atoms with E-state index in [0.29, 0.717) is 6.42 Å². The maximum Gasteiger partial charge on any atom is 0.225 e. The van der Waals surface area contributed by atoms with Gasteiger partial charge in [-0.3, -0.25) is 10.1 Å². The fraction of sp³-hybridized carbons (Fsp3) is 0.818. The predicted molar refractivity (Wildman–Crippen MR) is 58.1 cm³/mol. The van der Waals surface area contributed by atoms with Crippen molar-refractivity contribution < 1.29 is 4.79 Å². The summed E-state index contributed by atoms with van der Waals surface area (Å²) in [6.07, 6.45) is 2.50. The van der Waals surface area contributed by atoms with E-state index in [-0.39, 0.29) is 18.0 Å². The number of hydrogen-bond donors (Lipinski definition) is 1. The van der Waals surface area contributed by atoms with Gasteiger partial charge in [0.25, 0.3) is 0 Å². The number of rotatable bonds is 4. The molecule has 1 heterocycles. The van der Waals surface area contributed by atoms with E-state index in [4.69, 9.17) is 5.26 Å². The van der Waals surface area contributed by atoms with Crippen LogP contribution in [0.5, 0.6) is 0 Å². The average Bonchev–Trinajstić information content (AvgIpc) is 2.68. The number of nitriles is 1. The molecule has 0 aromatic heterocycles. The molecule has 1 unspecified atom stereocenters. The Labute approximate surface area is 91.2 Å². The zero-order chi connectivity index (χ0) is 11.3. The zero-order valence-electron chi connectivity index (χ0n) is 9.49. The molecular weight excluding hydrogens is 190 g/mol. The predicted octanol–water partition coefficient (Wildman–Crippen LogP) is 0.889. The van der Waals surface area contributed by atoms with Crippen molar-refractivity contribution in [2.75, 3.05) is 13.1 Å². The van der Waals surface area contributed by atoms with E-state index in [1.807, 2.05) is 18.7 Å². The average molecular weight is 209 g/mol. The van der Waals surface area contributed by atoms with Gasteiger partial charge in [-0.1, -0.05) is 0 Å². The number of nitrogens with one attached hydrogen (secondary N) is 1. The largest absolute Gasteiger partial charge is 0.343 e. The van der Waals surface area contributed by atoms with E-state index < -0.39 is 0 Å². The molecule has 1 fully saturated rings. The lowest BCUT2D eigenvalue weighted by Gasteiger charge is -2.19. The summed E-state index contributed by atoms with van der Waals surface area (Å²) >= 11 is 0. The van der Waals surface area contributed by atoms with Crippen LogP contribution in [0.1, 0.15) is 33.1 Å². The Balaban J connectivity index is 2.37. The Morgan fingerprint density at radius 1 is 1.47 bits per heavy atom. The molecule has 4 nitrogen and oxygen atoms in total. The van der Waals surface area contributed by atoms with E-state index >= 15 is 0 Å². The van der Waals surface area contributed by atoms with Crippen molar-refractivity contribution in [2.24, 2.45) is 0 Å². The maximum atomic E-state index is 11.7. The molecule has 84 valence electrons. The van der Waals surface area contributed by atoms with Crippen molar-refractivity contribution in [3.05, 3.63) is 0 Å². The summed E-state index contributed by atoms with van der Waals surface area (Å²) < 4.78 is 0. The van der Waals surface area contributed by atoms with Gasteiger partial charge in [0, 0.05) is 19.1 Å². The summed E-state index contributed by atoms with van der Waals surface area (Å²) in [5.74, 6) is 0.104. The summed E-state index contributed by atoms with van der Waals surface area (Å²) in [6, 6.07) is 2.02. The van der Waals surface area contributed by atoms with Gasteiger partial charge in [0.2, 0.25) is 5.91 Å². The molecule has 0 aliphatic carbocycles. The number of likely N-dealkylation sites (tertiary alicyclic amines) is 1. The molecule has 1 rings (SSSR count). The summed E-state index contributed by atoms with van der Waals surface area (Å²) in [5, 5.41) is 12.0. The van der Waals surface area contributed by atoms with Gasteiger partial charge in [-0.15, -0.1) is 0 Å². The second-order valence-corrected chi connectivity index (χ2v) is 4.30. The van der Waals surface area contributed by atoms with Crippen LogP contribution in [0.15, 0.2) is 0 Å². The number of amides is 1. The third kappa shape index (κ3) is 3.88. The highest BCUT2D eigenvalue weighted by Crippen LogP contribution is 2.10. The Morgan fingerprint density at radius 3 is 2.53 bits per heavy atom. The lowest BCUT2D eigenvalue weighted by atomic mass is 10.2. The number of nitrogens with zero attached hydrogens (tertiary/aromatic N) is 2. The molecule has 1 saturated heterocycles. The Morgan fingerprint density at radius 2 is 2.07 bits per heavy atom. The first-order chi connectivity index (χ1) is 7.13. The maximum absolute atomic E-state index is 11.7. The number of carbonyl (C=O) groups is 1. The molecule has 15 heavy (non-hydrogen) atoms. The number of carbonyl (C=O) groups excluding carboxylic acids is 1. The van der Waals surface area contributed by atoms with Crippen LogP contribution >= 0.6 is 0 Å². The molecule has 1 amide bonds. The van der Waals surface area contributed by atoms with Crippen LogP contribution in [0.25, 0.3) is 0 Å².